The lowest BCUT2D eigenvalue weighted by Gasteiger charge is -2.31. The predicted octanol–water partition coefficient (Wildman–Crippen LogP) is 4.10. The van der Waals surface area contributed by atoms with Crippen molar-refractivity contribution in [3.8, 4) is 18.1 Å². The third kappa shape index (κ3) is 7.85. The zero-order chi connectivity index (χ0) is 40.7. The fourth-order valence-electron chi connectivity index (χ4n) is 7.10. The van der Waals surface area contributed by atoms with Crippen LogP contribution in [-0.4, -0.2) is 55.0 Å². The molecule has 1 saturated heterocycles. The van der Waals surface area contributed by atoms with Gasteiger partial charge in [-0.3, -0.25) is 23.7 Å². The van der Waals surface area contributed by atoms with E-state index in [0.29, 0.717) is 11.3 Å². The first-order chi connectivity index (χ1) is 26.4. The van der Waals surface area contributed by atoms with Crippen molar-refractivity contribution in [2.75, 3.05) is 13.2 Å². The molecule has 3 atom stereocenters. The minimum atomic E-state index is -1.54. The summed E-state index contributed by atoms with van der Waals surface area (Å²) in [6.07, 6.45) is 6.70. The zero-order valence-electron chi connectivity index (χ0n) is 31.8. The predicted molar refractivity (Wildman–Crippen MR) is 196 cm³/mol. The molecule has 0 radical (unpaired) electrons. The van der Waals surface area contributed by atoms with Gasteiger partial charge >= 0.3 is 23.6 Å². The summed E-state index contributed by atoms with van der Waals surface area (Å²) in [6, 6.07) is 3.69. The van der Waals surface area contributed by atoms with Gasteiger partial charge in [-0.25, -0.2) is 14.6 Å². The number of benzene rings is 1. The zero-order valence-corrected chi connectivity index (χ0v) is 32.5. The van der Waals surface area contributed by atoms with Gasteiger partial charge in [0, 0.05) is 36.8 Å². The van der Waals surface area contributed by atoms with Gasteiger partial charge in [-0.15, -0.1) is 6.42 Å². The average molecular weight is 794 g/mol. The molecule has 1 N–H and O–H groups in total. The lowest BCUT2D eigenvalue weighted by molar-refractivity contribution is -0.156. The van der Waals surface area contributed by atoms with Crippen LogP contribution in [0.3, 0.4) is 0 Å². The maximum absolute atomic E-state index is 13.5. The quantitative estimate of drug-likeness (QED) is 0.0815. The first kappa shape index (κ1) is 40.0. The van der Waals surface area contributed by atoms with Crippen molar-refractivity contribution in [1.29, 1.82) is 0 Å². The largest absolute Gasteiger partial charge is 0.519 e. The first-order valence-corrected chi connectivity index (χ1v) is 17.9. The Hall–Kier alpha value is -5.70. The van der Waals surface area contributed by atoms with Gasteiger partial charge in [0.15, 0.2) is 33.8 Å². The van der Waals surface area contributed by atoms with Crippen molar-refractivity contribution in [1.82, 2.24) is 19.1 Å². The van der Waals surface area contributed by atoms with Crippen LogP contribution in [0.5, 0.6) is 5.75 Å². The molecule has 0 aliphatic carbocycles. The minimum Gasteiger partial charge on any atom is -0.461 e. The van der Waals surface area contributed by atoms with Gasteiger partial charge in [0.25, 0.3) is 0 Å². The number of ether oxygens (including phenoxy) is 3. The SMILES string of the molecule is C#CC1(COC(=O)CC(C)(C)c2c(C)cc(C)cc2OC(C)=O)OC(n2cnc3/c(=N/Cc4oc(=O)oc4C)n(Cc4oc(=O)oc4C)c(Cl)nc32)C[C@@H]1CO. The van der Waals surface area contributed by atoms with Crippen LogP contribution >= 0.6 is 11.6 Å². The molecule has 5 heterocycles. The molecule has 6 rings (SSSR count). The maximum Gasteiger partial charge on any atom is 0.519 e. The van der Waals surface area contributed by atoms with E-state index in [9.17, 15) is 24.3 Å². The van der Waals surface area contributed by atoms with E-state index in [1.165, 1.54) is 17.8 Å². The van der Waals surface area contributed by atoms with Gasteiger partial charge in [-0.2, -0.15) is 4.98 Å². The molecule has 1 aromatic carbocycles. The number of terminal acetylenes is 1. The number of hydrogen-bond acceptors (Lipinski definition) is 15. The highest BCUT2D eigenvalue weighted by Crippen LogP contribution is 2.43. The van der Waals surface area contributed by atoms with Crippen molar-refractivity contribution in [2.45, 2.75) is 91.6 Å². The molecule has 0 saturated carbocycles. The Bertz CT molecular complexity index is 2560. The monoisotopic (exact) mass is 793 g/mol. The molecule has 1 aliphatic rings. The summed E-state index contributed by atoms with van der Waals surface area (Å²) in [6.45, 7) is 10.8. The number of nitrogens with zero attached hydrogens (tertiary/aromatic N) is 5. The molecule has 296 valence electrons. The topological polar surface area (TPSA) is 217 Å². The molecule has 1 fully saturated rings. The Kier molecular flexibility index (Phi) is 11.0. The molecular weight excluding hydrogens is 754 g/mol. The standard InChI is InChI=1S/C38H40ClN5O12/c1-9-38(17-50-29(47)13-37(7,8)30-20(3)10-19(2)11-25(30)53-23(6)46)24(16-45)12-28(56-38)44-18-41-31-32(40-14-26-21(4)51-35(48)54-26)43(34(39)42-33(31)44)15-27-22(5)52-36(49)55-27/h1,10-11,18,24,28,45H,12-17H2,2-8H3/b40-32-/t24-,28?,38?/m1/s1. The summed E-state index contributed by atoms with van der Waals surface area (Å²) in [5, 5.41) is 10.4. The number of fused-ring (bicyclic) bond motifs is 1. The number of aromatic nitrogens is 4. The van der Waals surface area contributed by atoms with Gasteiger partial charge in [-0.1, -0.05) is 25.8 Å². The van der Waals surface area contributed by atoms with E-state index >= 15 is 0 Å². The number of carbonyl (C=O) groups is 2. The number of halogens is 1. The third-order valence-corrected chi connectivity index (χ3v) is 9.96. The van der Waals surface area contributed by atoms with Crippen LogP contribution in [0.25, 0.3) is 11.2 Å². The first-order valence-electron chi connectivity index (χ1n) is 17.5. The van der Waals surface area contributed by atoms with Crippen molar-refractivity contribution in [3.63, 3.8) is 0 Å². The number of carbonyl (C=O) groups excluding carboxylic acids is 2. The van der Waals surface area contributed by atoms with E-state index in [-0.39, 0.29) is 77.5 Å². The van der Waals surface area contributed by atoms with E-state index in [4.69, 9.17) is 49.9 Å². The van der Waals surface area contributed by atoms with Crippen LogP contribution in [0.2, 0.25) is 5.28 Å². The Morgan fingerprint density at radius 1 is 1.11 bits per heavy atom. The van der Waals surface area contributed by atoms with Gasteiger partial charge < -0.3 is 37.0 Å². The summed E-state index contributed by atoms with van der Waals surface area (Å²) in [7, 11) is 0. The van der Waals surface area contributed by atoms with Gasteiger partial charge in [-0.05, 0) is 56.5 Å². The van der Waals surface area contributed by atoms with Crippen LogP contribution < -0.4 is 21.9 Å². The normalized spacial score (nSPS) is 18.8. The summed E-state index contributed by atoms with van der Waals surface area (Å²) in [4.78, 5) is 62.7. The fourth-order valence-corrected chi connectivity index (χ4v) is 7.32. The molecule has 0 bridgehead atoms. The minimum absolute atomic E-state index is 0.0937. The highest BCUT2D eigenvalue weighted by atomic mass is 35.5. The second-order valence-electron chi connectivity index (χ2n) is 14.3. The highest BCUT2D eigenvalue weighted by molar-refractivity contribution is 6.28. The van der Waals surface area contributed by atoms with Crippen LogP contribution in [-0.2, 0) is 37.6 Å². The number of rotatable bonds is 12. The van der Waals surface area contributed by atoms with Crippen LogP contribution in [0, 0.1) is 46.0 Å². The Labute approximate surface area is 323 Å². The van der Waals surface area contributed by atoms with Gasteiger partial charge in [0.2, 0.25) is 5.28 Å². The Morgan fingerprint density at radius 2 is 1.79 bits per heavy atom. The molecule has 2 unspecified atom stereocenters. The molecule has 17 nitrogen and oxygen atoms in total. The lowest BCUT2D eigenvalue weighted by Crippen LogP contribution is -2.42. The molecule has 4 aromatic heterocycles. The average Bonchev–Trinajstić information content (AvgIpc) is 3.86. The van der Waals surface area contributed by atoms with Crippen LogP contribution in [0.4, 0.5) is 0 Å². The molecule has 0 spiro atoms. The van der Waals surface area contributed by atoms with Crippen LogP contribution in [0.15, 0.2) is 50.7 Å². The van der Waals surface area contributed by atoms with E-state index in [2.05, 4.69) is 20.9 Å². The van der Waals surface area contributed by atoms with Crippen LogP contribution in [0.1, 0.15) is 79.6 Å². The molecule has 1 aliphatic heterocycles. The second kappa shape index (κ2) is 15.4. The highest BCUT2D eigenvalue weighted by Gasteiger charge is 2.50. The number of aliphatic hydroxyl groups excluding tert-OH is 1. The second-order valence-corrected chi connectivity index (χ2v) is 14.6. The van der Waals surface area contributed by atoms with Crippen molar-refractivity contribution < 1.29 is 46.6 Å². The number of esters is 2. The summed E-state index contributed by atoms with van der Waals surface area (Å²) >= 11 is 6.76. The maximum atomic E-state index is 13.5. The van der Waals surface area contributed by atoms with E-state index in [1.54, 1.807) is 24.5 Å². The van der Waals surface area contributed by atoms with Crippen molar-refractivity contribution in [2.24, 2.45) is 10.9 Å². The number of hydrogen-bond donors (Lipinski definition) is 1. The smallest absolute Gasteiger partial charge is 0.461 e. The molecule has 5 aromatic rings. The number of imidazole rings is 1. The summed E-state index contributed by atoms with van der Waals surface area (Å²) < 4.78 is 41.0. The number of aryl methyl sites for hydroxylation is 4. The summed E-state index contributed by atoms with van der Waals surface area (Å²) in [5.74, 6) is 0.189. The molecule has 0 amide bonds. The Balaban J connectivity index is 1.30. The number of aliphatic hydroxyl groups is 1. The lowest BCUT2D eigenvalue weighted by atomic mass is 9.78. The van der Waals surface area contributed by atoms with Crippen molar-refractivity contribution in [3.05, 3.63) is 90.2 Å². The fraction of sp³-hybridized carbons (Fsp3) is 0.447. The molecule has 56 heavy (non-hydrogen) atoms. The van der Waals surface area contributed by atoms with E-state index < -0.39 is 53.4 Å². The van der Waals surface area contributed by atoms with E-state index in [0.717, 1.165) is 11.1 Å². The van der Waals surface area contributed by atoms with Crippen molar-refractivity contribution >= 4 is 34.7 Å². The third-order valence-electron chi connectivity index (χ3n) is 9.68. The van der Waals surface area contributed by atoms with Gasteiger partial charge in [0.05, 0.1) is 19.3 Å². The Morgan fingerprint density at radius 3 is 2.39 bits per heavy atom. The summed E-state index contributed by atoms with van der Waals surface area (Å²) in [5.41, 5.74) is 0.678. The van der Waals surface area contributed by atoms with E-state index in [1.807, 2.05) is 33.8 Å². The van der Waals surface area contributed by atoms with Gasteiger partial charge in [0.1, 0.15) is 36.6 Å². The molecular formula is C38H40ClN5O12. The molecule has 18 heteroatoms.